The lowest BCUT2D eigenvalue weighted by Crippen LogP contribution is -2.25. The first-order chi connectivity index (χ1) is 9.78. The Morgan fingerprint density at radius 3 is 2.71 bits per heavy atom. The molecular formula is C11H11ClNO5PS2. The van der Waals surface area contributed by atoms with Gasteiger partial charge in [-0.05, 0) is 29.6 Å². The van der Waals surface area contributed by atoms with E-state index in [1.54, 1.807) is 23.6 Å². The Bertz CT molecular complexity index is 763. The molecule has 1 unspecified atom stereocenters. The van der Waals surface area contributed by atoms with Gasteiger partial charge in [0.15, 0.2) is 0 Å². The molecule has 0 amide bonds. The summed E-state index contributed by atoms with van der Waals surface area (Å²) in [5.74, 6) is 0.0867. The number of halogens is 1. The summed E-state index contributed by atoms with van der Waals surface area (Å²) in [5, 5.41) is 1.93. The second-order valence-electron chi connectivity index (χ2n) is 3.92. The monoisotopic (exact) mass is 367 g/mol. The number of thiophene rings is 1. The number of benzene rings is 1. The van der Waals surface area contributed by atoms with E-state index in [9.17, 15) is 17.9 Å². The summed E-state index contributed by atoms with van der Waals surface area (Å²) in [6.07, 6.45) is -0.736. The molecule has 21 heavy (non-hydrogen) atoms. The molecule has 0 aliphatic heterocycles. The fourth-order valence-corrected chi connectivity index (χ4v) is 5.09. The molecule has 114 valence electrons. The lowest BCUT2D eigenvalue weighted by molar-refractivity contribution is 0.378. The smallest absolute Gasteiger partial charge is 0.391 e. The summed E-state index contributed by atoms with van der Waals surface area (Å²) < 4.78 is 42.6. The molecule has 0 fully saturated rings. The third kappa shape index (κ3) is 4.81. The topological polar surface area (TPSA) is 92.7 Å². The van der Waals surface area contributed by atoms with Crippen LogP contribution >= 0.6 is 30.5 Å². The van der Waals surface area contributed by atoms with E-state index in [1.807, 2.05) is 4.72 Å². The van der Waals surface area contributed by atoms with Crippen molar-refractivity contribution in [3.63, 3.8) is 0 Å². The highest BCUT2D eigenvalue weighted by Gasteiger charge is 2.25. The molecule has 0 saturated carbocycles. The molecule has 1 aromatic heterocycles. The van der Waals surface area contributed by atoms with Crippen molar-refractivity contribution >= 4 is 40.6 Å². The van der Waals surface area contributed by atoms with Crippen molar-refractivity contribution < 1.29 is 22.4 Å². The Hall–Kier alpha value is -0.890. The zero-order valence-corrected chi connectivity index (χ0v) is 13.8. The first-order valence-corrected chi connectivity index (χ1v) is 10.1. The van der Waals surface area contributed by atoms with E-state index in [2.05, 4.69) is 0 Å². The Kier molecular flexibility index (Phi) is 5.08. The highest BCUT2D eigenvalue weighted by Crippen LogP contribution is 2.42. The molecule has 1 aromatic carbocycles. The van der Waals surface area contributed by atoms with E-state index in [4.69, 9.17) is 16.1 Å². The van der Waals surface area contributed by atoms with Gasteiger partial charge in [-0.2, -0.15) is 4.72 Å². The summed E-state index contributed by atoms with van der Waals surface area (Å²) in [5.41, 5.74) is 0. The van der Waals surface area contributed by atoms with Gasteiger partial charge in [-0.15, -0.1) is 11.3 Å². The Labute approximate surface area is 130 Å². The minimum absolute atomic E-state index is 0.0604. The van der Waals surface area contributed by atoms with Crippen LogP contribution in [0.4, 0.5) is 0 Å². The molecule has 2 rings (SSSR count). The molecule has 0 aliphatic rings. The predicted octanol–water partition coefficient (Wildman–Crippen LogP) is 2.90. The largest absolute Gasteiger partial charge is 0.424 e. The van der Waals surface area contributed by atoms with Crippen LogP contribution in [0.15, 0.2) is 46.0 Å². The molecule has 6 nitrogen and oxygen atoms in total. The molecule has 2 N–H and O–H groups in total. The Morgan fingerprint density at radius 1 is 1.33 bits per heavy atom. The van der Waals surface area contributed by atoms with E-state index in [0.717, 1.165) is 11.3 Å². The zero-order chi connectivity index (χ0) is 15.5. The van der Waals surface area contributed by atoms with Crippen molar-refractivity contribution in [2.45, 2.75) is 4.21 Å². The highest BCUT2D eigenvalue weighted by molar-refractivity contribution is 7.91. The highest BCUT2D eigenvalue weighted by atomic mass is 35.5. The molecular weight excluding hydrogens is 357 g/mol. The fraction of sp³-hybridized carbons (Fsp3) is 0.0909. The van der Waals surface area contributed by atoms with Crippen molar-refractivity contribution in [1.29, 1.82) is 0 Å². The van der Waals surface area contributed by atoms with Crippen molar-refractivity contribution in [2.24, 2.45) is 0 Å². The third-order valence-electron chi connectivity index (χ3n) is 2.26. The summed E-state index contributed by atoms with van der Waals surface area (Å²) in [6, 6.07) is 8.90. The van der Waals surface area contributed by atoms with Gasteiger partial charge in [0.05, 0.1) is 0 Å². The van der Waals surface area contributed by atoms with Gasteiger partial charge in [0.2, 0.25) is 0 Å². The van der Waals surface area contributed by atoms with Gasteiger partial charge in [-0.25, -0.2) is 13.0 Å². The summed E-state index contributed by atoms with van der Waals surface area (Å²) >= 11 is 6.74. The van der Waals surface area contributed by atoms with Crippen LogP contribution in [0.3, 0.4) is 0 Å². The SMILES string of the molecule is O=P(O)(CNS(=O)(=O)c1cccs1)Oc1cccc(Cl)c1. The number of hydrogen-bond donors (Lipinski definition) is 2. The lowest BCUT2D eigenvalue weighted by Gasteiger charge is -2.14. The molecule has 1 atom stereocenters. The third-order valence-corrected chi connectivity index (χ3v) is 6.56. The standard InChI is InChI=1S/C11H11ClNO5PS2/c12-9-3-1-4-10(7-9)18-19(14,15)8-13-21(16,17)11-5-2-6-20-11/h1-7,13H,8H2,(H,14,15). The predicted molar refractivity (Wildman–Crippen MR) is 81.4 cm³/mol. The van der Waals surface area contributed by atoms with Crippen LogP contribution in [0.1, 0.15) is 0 Å². The minimum Gasteiger partial charge on any atom is -0.424 e. The van der Waals surface area contributed by atoms with Crippen molar-refractivity contribution in [3.05, 3.63) is 46.8 Å². The number of hydrogen-bond acceptors (Lipinski definition) is 5. The molecule has 0 saturated heterocycles. The van der Waals surface area contributed by atoms with Crippen LogP contribution in [0.25, 0.3) is 0 Å². The van der Waals surface area contributed by atoms with Gasteiger partial charge < -0.3 is 9.42 Å². The Morgan fingerprint density at radius 2 is 2.10 bits per heavy atom. The lowest BCUT2D eigenvalue weighted by atomic mass is 10.3. The van der Waals surface area contributed by atoms with E-state index in [0.29, 0.717) is 5.02 Å². The normalized spacial score (nSPS) is 14.6. The van der Waals surface area contributed by atoms with Gasteiger partial charge in [0, 0.05) is 5.02 Å². The number of rotatable bonds is 6. The van der Waals surface area contributed by atoms with Gasteiger partial charge >= 0.3 is 7.60 Å². The number of nitrogens with one attached hydrogen (secondary N) is 1. The maximum atomic E-state index is 11.9. The van der Waals surface area contributed by atoms with Crippen molar-refractivity contribution in [2.75, 3.05) is 6.29 Å². The van der Waals surface area contributed by atoms with Crippen LogP contribution in [0, 0.1) is 0 Å². The average molecular weight is 368 g/mol. The molecule has 0 spiro atoms. The Balaban J connectivity index is 2.03. The van der Waals surface area contributed by atoms with Crippen LogP contribution in [-0.2, 0) is 14.6 Å². The minimum atomic E-state index is -4.18. The van der Waals surface area contributed by atoms with Crippen molar-refractivity contribution in [3.8, 4) is 5.75 Å². The second kappa shape index (κ2) is 6.48. The molecule has 1 heterocycles. The molecule has 0 aliphatic carbocycles. The zero-order valence-electron chi connectivity index (χ0n) is 10.5. The molecule has 2 aromatic rings. The van der Waals surface area contributed by atoms with Gasteiger partial charge in [-0.1, -0.05) is 23.7 Å². The van der Waals surface area contributed by atoms with Gasteiger partial charge in [-0.3, -0.25) is 0 Å². The molecule has 0 radical (unpaired) electrons. The van der Waals surface area contributed by atoms with Crippen LogP contribution in [-0.4, -0.2) is 19.6 Å². The van der Waals surface area contributed by atoms with Crippen LogP contribution < -0.4 is 9.25 Å². The summed E-state index contributed by atoms with van der Waals surface area (Å²) in [6.45, 7) is 0. The summed E-state index contributed by atoms with van der Waals surface area (Å²) in [4.78, 5) is 9.69. The maximum Gasteiger partial charge on any atom is 0.391 e. The molecule has 0 bridgehead atoms. The summed E-state index contributed by atoms with van der Waals surface area (Å²) in [7, 11) is -8.00. The fourth-order valence-electron chi connectivity index (χ4n) is 1.37. The number of sulfonamides is 1. The van der Waals surface area contributed by atoms with Gasteiger partial charge in [0.1, 0.15) is 16.2 Å². The van der Waals surface area contributed by atoms with Crippen LogP contribution in [0.5, 0.6) is 5.75 Å². The average Bonchev–Trinajstić information content (AvgIpc) is 2.91. The van der Waals surface area contributed by atoms with E-state index in [-0.39, 0.29) is 9.96 Å². The second-order valence-corrected chi connectivity index (χ2v) is 9.08. The van der Waals surface area contributed by atoms with Gasteiger partial charge in [0.25, 0.3) is 10.0 Å². The quantitative estimate of drug-likeness (QED) is 0.766. The van der Waals surface area contributed by atoms with E-state index < -0.39 is 23.9 Å². The van der Waals surface area contributed by atoms with E-state index in [1.165, 1.54) is 18.2 Å². The van der Waals surface area contributed by atoms with E-state index >= 15 is 0 Å². The van der Waals surface area contributed by atoms with Crippen molar-refractivity contribution in [1.82, 2.24) is 4.72 Å². The first kappa shape index (κ1) is 16.5. The first-order valence-electron chi connectivity index (χ1n) is 5.59. The maximum absolute atomic E-state index is 11.9. The van der Waals surface area contributed by atoms with Crippen LogP contribution in [0.2, 0.25) is 5.02 Å². The molecule has 10 heteroatoms.